The molecule has 2 rings (SSSR count). The highest BCUT2D eigenvalue weighted by Crippen LogP contribution is 2.30. The summed E-state index contributed by atoms with van der Waals surface area (Å²) in [6.07, 6.45) is 0. The lowest BCUT2D eigenvalue weighted by atomic mass is 10.1. The predicted octanol–water partition coefficient (Wildman–Crippen LogP) is 3.57. The average Bonchev–Trinajstić information content (AvgIpc) is 2.85. The molecule has 0 bridgehead atoms. The van der Waals surface area contributed by atoms with Gasteiger partial charge in [0.1, 0.15) is 5.75 Å². The van der Waals surface area contributed by atoms with Crippen LogP contribution >= 0.6 is 22.9 Å². The summed E-state index contributed by atoms with van der Waals surface area (Å²) in [6.45, 7) is 2.58. The van der Waals surface area contributed by atoms with Gasteiger partial charge in [-0.25, -0.2) is 0 Å². The summed E-state index contributed by atoms with van der Waals surface area (Å²) in [6, 6.07) is 7.18. The Labute approximate surface area is 133 Å². The summed E-state index contributed by atoms with van der Waals surface area (Å²) in [5, 5.41) is 0.347. The molecule has 112 valence electrons. The summed E-state index contributed by atoms with van der Waals surface area (Å²) >= 11 is 7.68. The van der Waals surface area contributed by atoms with Crippen molar-refractivity contribution >= 4 is 34.5 Å². The number of benzene rings is 1. The third kappa shape index (κ3) is 3.49. The average molecular weight is 325 g/mol. The Morgan fingerprint density at radius 3 is 2.71 bits per heavy atom. The van der Waals surface area contributed by atoms with Crippen molar-refractivity contribution in [1.82, 2.24) is 4.90 Å². The maximum atomic E-state index is 12.6. The second-order valence-electron chi connectivity index (χ2n) is 4.75. The van der Waals surface area contributed by atoms with Gasteiger partial charge in [0.25, 0.3) is 5.91 Å². The van der Waals surface area contributed by atoms with Crippen LogP contribution < -0.4 is 10.5 Å². The highest BCUT2D eigenvalue weighted by atomic mass is 35.5. The van der Waals surface area contributed by atoms with Gasteiger partial charge in [0, 0.05) is 22.9 Å². The summed E-state index contributed by atoms with van der Waals surface area (Å²) in [5.74, 6) is 0.274. The fourth-order valence-electron chi connectivity index (χ4n) is 1.99. The van der Waals surface area contributed by atoms with Gasteiger partial charge in [-0.3, -0.25) is 4.79 Å². The molecule has 0 aliphatic heterocycles. The first-order valence-electron chi connectivity index (χ1n) is 6.36. The van der Waals surface area contributed by atoms with Crippen molar-refractivity contribution in [2.45, 2.75) is 13.5 Å². The fraction of sp³-hybridized carbons (Fsp3) is 0.267. The predicted molar refractivity (Wildman–Crippen MR) is 87.3 cm³/mol. The smallest absolute Gasteiger partial charge is 0.257 e. The van der Waals surface area contributed by atoms with E-state index in [4.69, 9.17) is 22.1 Å². The first kappa shape index (κ1) is 15.7. The number of halogens is 1. The molecule has 2 aromatic rings. The minimum Gasteiger partial charge on any atom is -0.496 e. The van der Waals surface area contributed by atoms with Crippen molar-refractivity contribution in [2.75, 3.05) is 19.9 Å². The van der Waals surface area contributed by atoms with Gasteiger partial charge in [0.2, 0.25) is 0 Å². The van der Waals surface area contributed by atoms with Crippen molar-refractivity contribution in [1.29, 1.82) is 0 Å². The van der Waals surface area contributed by atoms with Gasteiger partial charge in [-0.1, -0.05) is 11.6 Å². The monoisotopic (exact) mass is 324 g/mol. The third-order valence-corrected chi connectivity index (χ3v) is 4.40. The van der Waals surface area contributed by atoms with Crippen LogP contribution in [0.1, 0.15) is 20.1 Å². The van der Waals surface area contributed by atoms with E-state index in [1.54, 1.807) is 35.4 Å². The highest BCUT2D eigenvalue weighted by Gasteiger charge is 2.19. The second kappa shape index (κ2) is 6.37. The van der Waals surface area contributed by atoms with Gasteiger partial charge in [-0.05, 0) is 25.1 Å². The van der Waals surface area contributed by atoms with Crippen LogP contribution in [0.2, 0.25) is 5.02 Å². The van der Waals surface area contributed by atoms with Gasteiger partial charge in [0.05, 0.1) is 29.9 Å². The summed E-state index contributed by atoms with van der Waals surface area (Å²) in [5.41, 5.74) is 6.53. The van der Waals surface area contributed by atoms with Crippen molar-refractivity contribution < 1.29 is 9.53 Å². The molecule has 1 aromatic carbocycles. The molecule has 4 nitrogen and oxygen atoms in total. The van der Waals surface area contributed by atoms with Gasteiger partial charge in [0.15, 0.2) is 0 Å². The normalized spacial score (nSPS) is 10.5. The molecule has 0 radical (unpaired) electrons. The molecule has 0 saturated heterocycles. The lowest BCUT2D eigenvalue weighted by Crippen LogP contribution is -2.26. The van der Waals surface area contributed by atoms with Crippen LogP contribution in [0, 0.1) is 6.92 Å². The van der Waals surface area contributed by atoms with Gasteiger partial charge in [-0.15, -0.1) is 11.3 Å². The maximum Gasteiger partial charge on any atom is 0.257 e. The zero-order valence-electron chi connectivity index (χ0n) is 12.1. The Balaban J connectivity index is 2.24. The van der Waals surface area contributed by atoms with E-state index in [2.05, 4.69) is 0 Å². The molecule has 2 N–H and O–H groups in total. The fourth-order valence-corrected chi connectivity index (χ4v) is 3.09. The van der Waals surface area contributed by atoms with Crippen LogP contribution in [-0.2, 0) is 6.54 Å². The summed E-state index contributed by atoms with van der Waals surface area (Å²) in [7, 11) is 3.25. The zero-order valence-corrected chi connectivity index (χ0v) is 13.7. The molecular formula is C15H17ClN2O2S. The number of hydrogen-bond acceptors (Lipinski definition) is 4. The van der Waals surface area contributed by atoms with Crippen molar-refractivity contribution in [3.63, 3.8) is 0 Å². The van der Waals surface area contributed by atoms with Crippen LogP contribution in [0.15, 0.2) is 24.3 Å². The topological polar surface area (TPSA) is 55.6 Å². The molecular weight excluding hydrogens is 308 g/mol. The Morgan fingerprint density at radius 1 is 1.43 bits per heavy atom. The van der Waals surface area contributed by atoms with Crippen LogP contribution in [-0.4, -0.2) is 25.0 Å². The van der Waals surface area contributed by atoms with Crippen LogP contribution in [0.3, 0.4) is 0 Å². The van der Waals surface area contributed by atoms with E-state index in [0.29, 0.717) is 28.6 Å². The lowest BCUT2D eigenvalue weighted by Gasteiger charge is -2.18. The molecule has 0 spiro atoms. The first-order valence-corrected chi connectivity index (χ1v) is 7.55. The zero-order chi connectivity index (χ0) is 15.6. The molecule has 6 heteroatoms. The number of ether oxygens (including phenoxy) is 1. The molecule has 1 amide bonds. The van der Waals surface area contributed by atoms with E-state index < -0.39 is 0 Å². The third-order valence-electron chi connectivity index (χ3n) is 3.08. The number of carbonyl (C=O) groups excluding carboxylic acids is 1. The standard InChI is InChI=1S/C15H17ClN2O2S/c1-9-4-5-10(21-9)8-18(2)15(19)11-6-12(16)13(17)7-14(11)20-3/h4-7H,8,17H2,1-3H3. The van der Waals surface area contributed by atoms with Crippen LogP contribution in [0.5, 0.6) is 5.75 Å². The van der Waals surface area contributed by atoms with Gasteiger partial charge < -0.3 is 15.4 Å². The summed E-state index contributed by atoms with van der Waals surface area (Å²) in [4.78, 5) is 16.5. The number of anilines is 1. The Bertz CT molecular complexity index is 670. The number of methoxy groups -OCH3 is 1. The van der Waals surface area contributed by atoms with Crippen LogP contribution in [0.25, 0.3) is 0 Å². The van der Waals surface area contributed by atoms with E-state index in [1.165, 1.54) is 12.0 Å². The quantitative estimate of drug-likeness (QED) is 0.875. The Hall–Kier alpha value is -1.72. The number of rotatable bonds is 4. The minimum absolute atomic E-state index is 0.153. The number of aryl methyl sites for hydroxylation is 1. The first-order chi connectivity index (χ1) is 9.92. The molecule has 0 atom stereocenters. The SMILES string of the molecule is COc1cc(N)c(Cl)cc1C(=O)N(C)Cc1ccc(C)s1. The Kier molecular flexibility index (Phi) is 4.75. The van der Waals surface area contributed by atoms with Crippen molar-refractivity contribution in [3.05, 3.63) is 44.6 Å². The molecule has 1 aromatic heterocycles. The lowest BCUT2D eigenvalue weighted by molar-refractivity contribution is 0.0783. The Morgan fingerprint density at radius 2 is 2.14 bits per heavy atom. The van der Waals surface area contributed by atoms with E-state index in [-0.39, 0.29) is 5.91 Å². The van der Waals surface area contributed by atoms with E-state index in [9.17, 15) is 4.79 Å². The number of nitrogen functional groups attached to an aromatic ring is 1. The second-order valence-corrected chi connectivity index (χ2v) is 6.53. The van der Waals surface area contributed by atoms with Crippen molar-refractivity contribution in [2.24, 2.45) is 0 Å². The molecule has 0 saturated carbocycles. The number of nitrogens with two attached hydrogens (primary N) is 1. The van der Waals surface area contributed by atoms with Crippen LogP contribution in [0.4, 0.5) is 5.69 Å². The number of carbonyl (C=O) groups is 1. The molecule has 1 heterocycles. The number of thiophene rings is 1. The van der Waals surface area contributed by atoms with E-state index in [1.807, 2.05) is 19.1 Å². The molecule has 0 aliphatic carbocycles. The molecule has 0 unspecified atom stereocenters. The molecule has 21 heavy (non-hydrogen) atoms. The largest absolute Gasteiger partial charge is 0.496 e. The van der Waals surface area contributed by atoms with E-state index >= 15 is 0 Å². The highest BCUT2D eigenvalue weighted by molar-refractivity contribution is 7.11. The number of hydrogen-bond donors (Lipinski definition) is 1. The number of nitrogens with zero attached hydrogens (tertiary/aromatic N) is 1. The maximum absolute atomic E-state index is 12.6. The molecule has 0 fully saturated rings. The number of amides is 1. The molecule has 0 aliphatic rings. The van der Waals surface area contributed by atoms with E-state index in [0.717, 1.165) is 4.88 Å². The minimum atomic E-state index is -0.153. The van der Waals surface area contributed by atoms with Crippen molar-refractivity contribution in [3.8, 4) is 5.75 Å². The van der Waals surface area contributed by atoms with Gasteiger partial charge in [-0.2, -0.15) is 0 Å². The summed E-state index contributed by atoms with van der Waals surface area (Å²) < 4.78 is 5.22. The van der Waals surface area contributed by atoms with Gasteiger partial charge >= 0.3 is 0 Å².